The van der Waals surface area contributed by atoms with Gasteiger partial charge < -0.3 is 20.5 Å². The van der Waals surface area contributed by atoms with Crippen molar-refractivity contribution >= 4 is 17.6 Å². The molecule has 3 rings (SSSR count). The molecule has 2 heterocycles. The number of primary amides is 1. The molecule has 178 valence electrons. The minimum absolute atomic E-state index is 0.0000342. The second kappa shape index (κ2) is 8.58. The fourth-order valence-corrected chi connectivity index (χ4v) is 3.89. The van der Waals surface area contributed by atoms with Crippen LogP contribution >= 0.6 is 0 Å². The van der Waals surface area contributed by atoms with Crippen LogP contribution in [0.4, 0.5) is 27.8 Å². The van der Waals surface area contributed by atoms with E-state index in [0.29, 0.717) is 0 Å². The summed E-state index contributed by atoms with van der Waals surface area (Å²) in [6, 6.07) is 4.20. The van der Waals surface area contributed by atoms with Gasteiger partial charge in [0.25, 0.3) is 5.91 Å². The number of hydrogen-bond donors (Lipinski definition) is 2. The summed E-state index contributed by atoms with van der Waals surface area (Å²) in [4.78, 5) is 28.2. The fraction of sp³-hybridized carbons (Fsp3) is 0.381. The predicted octanol–water partition coefficient (Wildman–Crippen LogP) is 3.55. The number of carbonyl (C=O) groups is 2. The summed E-state index contributed by atoms with van der Waals surface area (Å²) >= 11 is 0. The summed E-state index contributed by atoms with van der Waals surface area (Å²) < 4.78 is 80.0. The lowest BCUT2D eigenvalue weighted by Crippen LogP contribution is -2.47. The van der Waals surface area contributed by atoms with E-state index in [1.165, 1.54) is 19.2 Å². The van der Waals surface area contributed by atoms with Gasteiger partial charge in [0, 0.05) is 29.2 Å². The third-order valence-electron chi connectivity index (χ3n) is 5.87. The van der Waals surface area contributed by atoms with Crippen LogP contribution < -0.4 is 15.8 Å². The molecule has 1 fully saturated rings. The fourth-order valence-electron chi connectivity index (χ4n) is 3.89. The number of rotatable bonds is 5. The number of halogens is 5. The molecule has 12 heteroatoms. The molecule has 0 bridgehead atoms. The first kappa shape index (κ1) is 24.4. The van der Waals surface area contributed by atoms with E-state index in [9.17, 15) is 31.5 Å². The summed E-state index contributed by atoms with van der Waals surface area (Å²) in [5, 5.41) is 2.29. The largest absolute Gasteiger partial charge is 0.493 e. The third kappa shape index (κ3) is 4.22. The number of benzene rings is 1. The molecule has 0 unspecified atom stereocenters. The van der Waals surface area contributed by atoms with Crippen molar-refractivity contribution < 1.29 is 41.0 Å². The Balaban J connectivity index is 2.07. The molecule has 7 nitrogen and oxygen atoms in total. The zero-order chi connectivity index (χ0) is 24.7. The number of methoxy groups -OCH3 is 1. The number of pyridine rings is 1. The van der Waals surface area contributed by atoms with Crippen molar-refractivity contribution in [1.29, 1.82) is 0 Å². The van der Waals surface area contributed by atoms with Crippen LogP contribution in [0.15, 0.2) is 30.5 Å². The minimum atomic E-state index is -4.89. The van der Waals surface area contributed by atoms with E-state index in [1.807, 2.05) is 0 Å². The highest BCUT2D eigenvalue weighted by Gasteiger charge is 2.65. The van der Waals surface area contributed by atoms with E-state index >= 15 is 0 Å². The van der Waals surface area contributed by atoms with Crippen LogP contribution in [-0.4, -0.2) is 41.8 Å². The molecule has 0 saturated carbocycles. The molecule has 1 aliphatic rings. The molecule has 1 aliphatic heterocycles. The van der Waals surface area contributed by atoms with Gasteiger partial charge in [-0.05, 0) is 25.1 Å². The Hall–Kier alpha value is -3.28. The Bertz CT molecular complexity index is 1090. The number of anilines is 1. The molecule has 0 radical (unpaired) electrons. The van der Waals surface area contributed by atoms with Crippen molar-refractivity contribution in [2.75, 3.05) is 12.4 Å². The van der Waals surface area contributed by atoms with Crippen LogP contribution in [0.3, 0.4) is 0 Å². The second-order valence-corrected chi connectivity index (χ2v) is 7.72. The lowest BCUT2D eigenvalue weighted by atomic mass is 9.77. The van der Waals surface area contributed by atoms with E-state index in [2.05, 4.69) is 10.3 Å². The number of ether oxygens (including phenoxy) is 2. The molecular formula is C21H20F5N3O4. The van der Waals surface area contributed by atoms with Crippen LogP contribution in [-0.2, 0) is 9.53 Å². The summed E-state index contributed by atoms with van der Waals surface area (Å²) in [7, 11) is 1.03. The molecular weight excluding hydrogens is 453 g/mol. The van der Waals surface area contributed by atoms with Crippen LogP contribution in [0.25, 0.3) is 0 Å². The average molecular weight is 473 g/mol. The highest BCUT2D eigenvalue weighted by molar-refractivity contribution is 5.97. The first-order valence-corrected chi connectivity index (χ1v) is 9.65. The SMILES string of the molecule is COc1c([C@H]2[C@@H](C)[C@@](C)(C(F)(F)F)O[C@H]2C(=O)Nc2cc(C(N)=O)ccn2)ccc(F)c1F. The van der Waals surface area contributed by atoms with Crippen LogP contribution in [0, 0.1) is 17.6 Å². The molecule has 1 saturated heterocycles. The standard InChI is InChI=1S/C21H20F5N3O4/c1-9-14(11-4-5-12(22)15(23)16(11)32-3)17(33-20(9,2)21(24,25)26)19(31)29-13-8-10(18(27)30)6-7-28-13/h4-9,14,17H,1-3H3,(H2,27,30)(H,28,29,31)/t9-,14-,17-,20+/m1/s1. The number of carbonyl (C=O) groups excluding carboxylic acids is 2. The third-order valence-corrected chi connectivity index (χ3v) is 5.87. The molecule has 1 aromatic heterocycles. The van der Waals surface area contributed by atoms with Crippen molar-refractivity contribution in [2.24, 2.45) is 11.7 Å². The van der Waals surface area contributed by atoms with Gasteiger partial charge in [-0.3, -0.25) is 9.59 Å². The lowest BCUT2D eigenvalue weighted by Gasteiger charge is -2.32. The van der Waals surface area contributed by atoms with Crippen molar-refractivity contribution in [3.05, 3.63) is 53.2 Å². The van der Waals surface area contributed by atoms with Gasteiger partial charge in [-0.15, -0.1) is 0 Å². The second-order valence-electron chi connectivity index (χ2n) is 7.72. The monoisotopic (exact) mass is 473 g/mol. The van der Waals surface area contributed by atoms with E-state index in [-0.39, 0.29) is 16.9 Å². The number of hydrogen-bond acceptors (Lipinski definition) is 5. The maximum absolute atomic E-state index is 14.3. The highest BCUT2D eigenvalue weighted by atomic mass is 19.4. The number of amides is 2. The van der Waals surface area contributed by atoms with Crippen LogP contribution in [0.1, 0.15) is 35.7 Å². The van der Waals surface area contributed by atoms with E-state index in [1.54, 1.807) is 0 Å². The van der Waals surface area contributed by atoms with Gasteiger partial charge in [-0.1, -0.05) is 13.0 Å². The summed E-state index contributed by atoms with van der Waals surface area (Å²) in [5.41, 5.74) is 2.22. The smallest absolute Gasteiger partial charge is 0.417 e. The van der Waals surface area contributed by atoms with Crippen LogP contribution in [0.5, 0.6) is 5.75 Å². The molecule has 3 N–H and O–H groups in total. The summed E-state index contributed by atoms with van der Waals surface area (Å²) in [5.74, 6) is -8.10. The predicted molar refractivity (Wildman–Crippen MR) is 106 cm³/mol. The zero-order valence-corrected chi connectivity index (χ0v) is 17.7. The Morgan fingerprint density at radius 1 is 1.24 bits per heavy atom. The first-order valence-electron chi connectivity index (χ1n) is 9.65. The number of nitrogens with one attached hydrogen (secondary N) is 1. The molecule has 0 aliphatic carbocycles. The maximum atomic E-state index is 14.3. The Morgan fingerprint density at radius 2 is 1.91 bits per heavy atom. The van der Waals surface area contributed by atoms with Gasteiger partial charge in [0.05, 0.1) is 7.11 Å². The van der Waals surface area contributed by atoms with Crippen molar-refractivity contribution in [3.63, 3.8) is 0 Å². The summed E-state index contributed by atoms with van der Waals surface area (Å²) in [6.07, 6.45) is -5.51. The normalized spacial score (nSPS) is 25.0. The van der Waals surface area contributed by atoms with Gasteiger partial charge in [0.15, 0.2) is 17.2 Å². The van der Waals surface area contributed by atoms with Crippen molar-refractivity contribution in [1.82, 2.24) is 4.98 Å². The maximum Gasteiger partial charge on any atom is 0.417 e. The van der Waals surface area contributed by atoms with Gasteiger partial charge >= 0.3 is 6.18 Å². The number of nitrogens with zero attached hydrogens (tertiary/aromatic N) is 1. The van der Waals surface area contributed by atoms with Gasteiger partial charge in [0.1, 0.15) is 11.9 Å². The molecule has 1 aromatic carbocycles. The molecule has 4 atom stereocenters. The first-order chi connectivity index (χ1) is 15.3. The van der Waals surface area contributed by atoms with E-state index in [0.717, 1.165) is 32.2 Å². The van der Waals surface area contributed by atoms with Gasteiger partial charge in [0.2, 0.25) is 11.7 Å². The topological polar surface area (TPSA) is 104 Å². The zero-order valence-electron chi connectivity index (χ0n) is 17.7. The van der Waals surface area contributed by atoms with Crippen LogP contribution in [0.2, 0.25) is 0 Å². The molecule has 33 heavy (non-hydrogen) atoms. The van der Waals surface area contributed by atoms with E-state index in [4.69, 9.17) is 15.2 Å². The lowest BCUT2D eigenvalue weighted by molar-refractivity contribution is -0.272. The number of alkyl halides is 3. The molecule has 2 aromatic rings. The molecule has 0 spiro atoms. The Kier molecular flexibility index (Phi) is 6.33. The van der Waals surface area contributed by atoms with Crippen molar-refractivity contribution in [3.8, 4) is 5.75 Å². The van der Waals surface area contributed by atoms with Gasteiger partial charge in [-0.25, -0.2) is 9.37 Å². The molecule has 2 amide bonds. The van der Waals surface area contributed by atoms with Crippen molar-refractivity contribution in [2.45, 2.75) is 37.6 Å². The number of aromatic nitrogens is 1. The Labute approximate surface area is 185 Å². The summed E-state index contributed by atoms with van der Waals surface area (Å²) in [6.45, 7) is 1.97. The van der Waals surface area contributed by atoms with E-state index < -0.39 is 58.9 Å². The highest BCUT2D eigenvalue weighted by Crippen LogP contribution is 2.54. The quantitative estimate of drug-likeness (QED) is 0.647. The average Bonchev–Trinajstić information content (AvgIpc) is 3.02. The van der Waals surface area contributed by atoms with Gasteiger partial charge in [-0.2, -0.15) is 17.6 Å². The Morgan fingerprint density at radius 3 is 2.48 bits per heavy atom. The number of nitrogens with two attached hydrogens (primary N) is 1. The minimum Gasteiger partial charge on any atom is -0.493 e.